The number of amides is 2. The van der Waals surface area contributed by atoms with E-state index in [1.54, 1.807) is 0 Å². The Morgan fingerprint density at radius 2 is 1.17 bits per heavy atom. The molecule has 2 amide bonds. The fourth-order valence-electron chi connectivity index (χ4n) is 2.90. The molecular formula is C25H31N9O7. The summed E-state index contributed by atoms with van der Waals surface area (Å²) in [6.45, 7) is 8.11. The van der Waals surface area contributed by atoms with Gasteiger partial charge in [0.1, 0.15) is 0 Å². The lowest BCUT2D eigenvalue weighted by atomic mass is 10.2. The molecule has 16 nitrogen and oxygen atoms in total. The first-order valence-corrected chi connectivity index (χ1v) is 12.4. The number of rotatable bonds is 12. The topological polar surface area (TPSA) is 216 Å². The van der Waals surface area contributed by atoms with Crippen LogP contribution in [0.25, 0.3) is 0 Å². The van der Waals surface area contributed by atoms with Crippen molar-refractivity contribution in [1.82, 2.24) is 29.9 Å². The van der Waals surface area contributed by atoms with E-state index >= 15 is 0 Å². The van der Waals surface area contributed by atoms with Gasteiger partial charge < -0.3 is 35.3 Å². The zero-order valence-electron chi connectivity index (χ0n) is 23.4. The summed E-state index contributed by atoms with van der Waals surface area (Å²) in [6, 6.07) is 0. The number of anilines is 3. The SMILES string of the molecule is COC(=O)c1cnc(NC(=O)c2cnc(NC(=O)c3cnc(N)c(OC)n3)c(OCC(C)C)n2)c(OCC(C)C)n1. The number of methoxy groups -OCH3 is 2. The number of nitrogens with two attached hydrogens (primary N) is 1. The molecule has 16 heteroatoms. The van der Waals surface area contributed by atoms with Gasteiger partial charge in [-0.2, -0.15) is 0 Å². The molecule has 0 aromatic carbocycles. The predicted molar refractivity (Wildman–Crippen MR) is 145 cm³/mol. The van der Waals surface area contributed by atoms with Gasteiger partial charge in [0.15, 0.2) is 34.5 Å². The predicted octanol–water partition coefficient (Wildman–Crippen LogP) is 2.01. The number of nitrogens with zero attached hydrogens (tertiary/aromatic N) is 6. The number of hydrogen-bond donors (Lipinski definition) is 3. The van der Waals surface area contributed by atoms with Crippen molar-refractivity contribution >= 4 is 35.2 Å². The van der Waals surface area contributed by atoms with Crippen LogP contribution in [0.15, 0.2) is 18.6 Å². The van der Waals surface area contributed by atoms with Crippen LogP contribution in [0, 0.1) is 11.8 Å². The van der Waals surface area contributed by atoms with Crippen LogP contribution in [0.2, 0.25) is 0 Å². The largest absolute Gasteiger partial charge is 0.478 e. The van der Waals surface area contributed by atoms with Gasteiger partial charge in [-0.05, 0) is 11.8 Å². The monoisotopic (exact) mass is 569 g/mol. The Hall–Kier alpha value is -5.15. The number of carbonyl (C=O) groups excluding carboxylic acids is 3. The van der Waals surface area contributed by atoms with Gasteiger partial charge in [0.05, 0.1) is 46.0 Å². The molecule has 3 rings (SSSR count). The van der Waals surface area contributed by atoms with Gasteiger partial charge >= 0.3 is 5.97 Å². The number of ether oxygens (including phenoxy) is 4. The first kappa shape index (κ1) is 30.4. The molecule has 3 aromatic heterocycles. The highest BCUT2D eigenvalue weighted by Crippen LogP contribution is 2.24. The van der Waals surface area contributed by atoms with E-state index in [-0.39, 0.29) is 77.2 Å². The Balaban J connectivity index is 1.88. The van der Waals surface area contributed by atoms with Crippen LogP contribution in [0.4, 0.5) is 17.5 Å². The van der Waals surface area contributed by atoms with Crippen LogP contribution in [-0.4, -0.2) is 75.1 Å². The molecule has 0 saturated carbocycles. The van der Waals surface area contributed by atoms with Crippen molar-refractivity contribution in [3.8, 4) is 17.6 Å². The highest BCUT2D eigenvalue weighted by molar-refractivity contribution is 6.04. The number of hydrogen-bond acceptors (Lipinski definition) is 14. The van der Waals surface area contributed by atoms with Gasteiger partial charge in [-0.25, -0.2) is 34.7 Å². The number of aromatic nitrogens is 6. The van der Waals surface area contributed by atoms with Gasteiger partial charge in [-0.3, -0.25) is 9.59 Å². The molecule has 0 radical (unpaired) electrons. The van der Waals surface area contributed by atoms with Crippen molar-refractivity contribution in [2.45, 2.75) is 27.7 Å². The standard InChI is InChI=1S/C25H31N9O7/c1-12(2)10-40-23-18(33-20(35)14-7-27-17(26)22(30-14)38-5)28-8-15(31-23)21(36)34-19-24(41-11-13(3)4)32-16(9-29-19)25(37)39-6/h7-9,12-13H,10-11H2,1-6H3,(H2,26,27)(H,28,33,35)(H,29,34,36). The van der Waals surface area contributed by atoms with Gasteiger partial charge in [0.25, 0.3) is 29.5 Å². The van der Waals surface area contributed by atoms with Gasteiger partial charge in [-0.1, -0.05) is 27.7 Å². The van der Waals surface area contributed by atoms with Crippen LogP contribution in [0.5, 0.6) is 17.6 Å². The van der Waals surface area contributed by atoms with E-state index in [4.69, 9.17) is 19.9 Å². The highest BCUT2D eigenvalue weighted by atomic mass is 16.5. The van der Waals surface area contributed by atoms with E-state index in [1.165, 1.54) is 20.4 Å². The van der Waals surface area contributed by atoms with Crippen LogP contribution in [-0.2, 0) is 4.74 Å². The summed E-state index contributed by atoms with van der Waals surface area (Å²) in [5.41, 5.74) is 5.30. The fourth-order valence-corrected chi connectivity index (χ4v) is 2.90. The second-order valence-electron chi connectivity index (χ2n) is 9.28. The quantitative estimate of drug-likeness (QED) is 0.266. The molecular weight excluding hydrogens is 538 g/mol. The maximum absolute atomic E-state index is 13.1. The fraction of sp³-hybridized carbons (Fsp3) is 0.400. The van der Waals surface area contributed by atoms with E-state index in [9.17, 15) is 14.4 Å². The molecule has 0 bridgehead atoms. The van der Waals surface area contributed by atoms with Crippen LogP contribution < -0.4 is 30.6 Å². The Kier molecular flexibility index (Phi) is 10.2. The molecule has 0 spiro atoms. The second-order valence-corrected chi connectivity index (χ2v) is 9.28. The third kappa shape index (κ3) is 8.17. The minimum Gasteiger partial charge on any atom is -0.478 e. The zero-order valence-corrected chi connectivity index (χ0v) is 23.4. The van der Waals surface area contributed by atoms with E-state index in [1.807, 2.05) is 27.7 Å². The number of nitrogens with one attached hydrogen (secondary N) is 2. The number of carbonyl (C=O) groups is 3. The first-order valence-electron chi connectivity index (χ1n) is 12.4. The lowest BCUT2D eigenvalue weighted by molar-refractivity contribution is 0.0592. The Morgan fingerprint density at radius 1 is 0.732 bits per heavy atom. The Bertz CT molecular complexity index is 1420. The average molecular weight is 570 g/mol. The second kappa shape index (κ2) is 13.8. The summed E-state index contributed by atoms with van der Waals surface area (Å²) >= 11 is 0. The highest BCUT2D eigenvalue weighted by Gasteiger charge is 2.22. The van der Waals surface area contributed by atoms with E-state index in [0.29, 0.717) is 0 Å². The van der Waals surface area contributed by atoms with Gasteiger partial charge in [0, 0.05) is 0 Å². The van der Waals surface area contributed by atoms with Crippen molar-refractivity contribution < 1.29 is 33.3 Å². The van der Waals surface area contributed by atoms with Crippen molar-refractivity contribution in [3.05, 3.63) is 35.7 Å². The summed E-state index contributed by atoms with van der Waals surface area (Å²) in [5, 5.41) is 5.09. The number of esters is 1. The van der Waals surface area contributed by atoms with Crippen molar-refractivity contribution in [3.63, 3.8) is 0 Å². The van der Waals surface area contributed by atoms with Crippen molar-refractivity contribution in [1.29, 1.82) is 0 Å². The molecule has 0 unspecified atom stereocenters. The average Bonchev–Trinajstić information content (AvgIpc) is 2.95. The molecule has 3 aromatic rings. The summed E-state index contributed by atoms with van der Waals surface area (Å²) in [4.78, 5) is 62.3. The van der Waals surface area contributed by atoms with Gasteiger partial charge in [0.2, 0.25) is 0 Å². The Morgan fingerprint density at radius 3 is 1.63 bits per heavy atom. The van der Waals surface area contributed by atoms with E-state index in [0.717, 1.165) is 12.4 Å². The first-order chi connectivity index (χ1) is 19.5. The summed E-state index contributed by atoms with van der Waals surface area (Å²) in [5.74, 6) is -2.24. The third-order valence-corrected chi connectivity index (χ3v) is 4.87. The summed E-state index contributed by atoms with van der Waals surface area (Å²) < 4.78 is 21.1. The lowest BCUT2D eigenvalue weighted by Gasteiger charge is -2.14. The molecule has 0 fully saturated rings. The van der Waals surface area contributed by atoms with E-state index in [2.05, 4.69) is 45.3 Å². The van der Waals surface area contributed by atoms with Crippen LogP contribution in [0.1, 0.15) is 59.2 Å². The molecule has 41 heavy (non-hydrogen) atoms. The van der Waals surface area contributed by atoms with Crippen LogP contribution in [0.3, 0.4) is 0 Å². The van der Waals surface area contributed by atoms with E-state index < -0.39 is 17.8 Å². The molecule has 3 heterocycles. The van der Waals surface area contributed by atoms with Crippen molar-refractivity contribution in [2.24, 2.45) is 11.8 Å². The summed E-state index contributed by atoms with van der Waals surface area (Å²) in [6.07, 6.45) is 3.44. The maximum Gasteiger partial charge on any atom is 0.358 e. The molecule has 0 aliphatic heterocycles. The smallest absolute Gasteiger partial charge is 0.358 e. The molecule has 0 aliphatic carbocycles. The van der Waals surface area contributed by atoms with Gasteiger partial charge in [-0.15, -0.1) is 0 Å². The minimum atomic E-state index is -0.728. The summed E-state index contributed by atoms with van der Waals surface area (Å²) in [7, 11) is 2.55. The minimum absolute atomic E-state index is 0.0163. The lowest BCUT2D eigenvalue weighted by Crippen LogP contribution is -2.21. The molecule has 0 aliphatic rings. The van der Waals surface area contributed by atoms with Crippen molar-refractivity contribution in [2.75, 3.05) is 43.8 Å². The number of nitrogen functional groups attached to an aromatic ring is 1. The maximum atomic E-state index is 13.1. The molecule has 218 valence electrons. The molecule has 0 saturated heterocycles. The normalized spacial score (nSPS) is 10.7. The molecule has 0 atom stereocenters. The third-order valence-electron chi connectivity index (χ3n) is 4.87. The van der Waals surface area contributed by atoms with Crippen LogP contribution >= 0.6 is 0 Å². The molecule has 4 N–H and O–H groups in total. The Labute approximate surface area is 235 Å². The zero-order chi connectivity index (χ0) is 30.1.